The normalized spacial score (nSPS) is 10.7. The fourth-order valence-electron chi connectivity index (χ4n) is 2.42. The van der Waals surface area contributed by atoms with Crippen LogP contribution in [0.4, 0.5) is 0 Å². The third-order valence-corrected chi connectivity index (χ3v) is 3.67. The van der Waals surface area contributed by atoms with E-state index in [0.717, 1.165) is 37.4 Å². The molecule has 0 unspecified atom stereocenters. The molecule has 0 aliphatic heterocycles. The van der Waals surface area contributed by atoms with E-state index in [0.29, 0.717) is 6.54 Å². The number of H-pyrrole nitrogens is 1. The van der Waals surface area contributed by atoms with E-state index in [2.05, 4.69) is 59.3 Å². The van der Waals surface area contributed by atoms with Gasteiger partial charge in [0.25, 0.3) is 0 Å². The van der Waals surface area contributed by atoms with Gasteiger partial charge in [-0.15, -0.1) is 12.4 Å². The highest BCUT2D eigenvalue weighted by Gasteiger charge is 2.11. The van der Waals surface area contributed by atoms with Crippen LogP contribution in [0, 0.1) is 13.8 Å². The van der Waals surface area contributed by atoms with Crippen LogP contribution in [-0.4, -0.2) is 34.7 Å². The summed E-state index contributed by atoms with van der Waals surface area (Å²) in [6, 6.07) is 10.6. The highest BCUT2D eigenvalue weighted by Crippen LogP contribution is 2.13. The second-order valence-corrected chi connectivity index (χ2v) is 5.21. The molecular formula is C16H25ClN4. The molecule has 0 spiro atoms. The van der Waals surface area contributed by atoms with Crippen LogP contribution in [0.1, 0.15) is 22.5 Å². The van der Waals surface area contributed by atoms with Crippen LogP contribution in [0.15, 0.2) is 30.3 Å². The van der Waals surface area contributed by atoms with Gasteiger partial charge in [0.1, 0.15) is 0 Å². The van der Waals surface area contributed by atoms with Crippen molar-refractivity contribution >= 4 is 12.4 Å². The number of aromatic nitrogens is 2. The Morgan fingerprint density at radius 1 is 1.14 bits per heavy atom. The Balaban J connectivity index is 0.00000220. The van der Waals surface area contributed by atoms with Gasteiger partial charge in [-0.25, -0.2) is 0 Å². The molecule has 0 radical (unpaired) electrons. The average molecular weight is 309 g/mol. The van der Waals surface area contributed by atoms with Crippen LogP contribution >= 0.6 is 12.4 Å². The lowest BCUT2D eigenvalue weighted by molar-refractivity contribution is 0.275. The Hall–Kier alpha value is -1.36. The second kappa shape index (κ2) is 8.82. The highest BCUT2D eigenvalue weighted by atomic mass is 35.5. The fourth-order valence-corrected chi connectivity index (χ4v) is 2.42. The summed E-state index contributed by atoms with van der Waals surface area (Å²) in [5.74, 6) is 0. The Bertz CT molecular complexity index is 505. The first-order valence-electron chi connectivity index (χ1n) is 7.17. The molecular weight excluding hydrogens is 284 g/mol. The monoisotopic (exact) mass is 308 g/mol. The van der Waals surface area contributed by atoms with Crippen molar-refractivity contribution in [3.8, 4) is 0 Å². The Morgan fingerprint density at radius 2 is 1.86 bits per heavy atom. The molecule has 5 heteroatoms. The molecule has 0 amide bonds. The highest BCUT2D eigenvalue weighted by molar-refractivity contribution is 5.85. The summed E-state index contributed by atoms with van der Waals surface area (Å²) in [6.07, 6.45) is 1.05. The topological polar surface area (TPSA) is 57.9 Å². The van der Waals surface area contributed by atoms with Crippen LogP contribution < -0.4 is 5.73 Å². The van der Waals surface area contributed by atoms with Gasteiger partial charge in [0, 0.05) is 37.4 Å². The van der Waals surface area contributed by atoms with Crippen LogP contribution in [0.5, 0.6) is 0 Å². The zero-order valence-electron chi connectivity index (χ0n) is 12.8. The summed E-state index contributed by atoms with van der Waals surface area (Å²) in [4.78, 5) is 2.40. The summed E-state index contributed by atoms with van der Waals surface area (Å²) in [5.41, 5.74) is 10.7. The standard InChI is InChI=1S/C16H24N4.ClH/c1-13-16(14(2)19-18-13)12-20(11-9-17)10-8-15-6-4-3-5-7-15;/h3-7H,8-12,17H2,1-2H3,(H,18,19);1H. The minimum atomic E-state index is 0. The molecule has 2 rings (SSSR count). The van der Waals surface area contributed by atoms with E-state index in [9.17, 15) is 0 Å². The maximum absolute atomic E-state index is 5.74. The molecule has 0 bridgehead atoms. The molecule has 4 nitrogen and oxygen atoms in total. The number of nitrogens with zero attached hydrogens (tertiary/aromatic N) is 2. The van der Waals surface area contributed by atoms with Gasteiger partial charge in [0.05, 0.1) is 5.69 Å². The number of hydrogen-bond acceptors (Lipinski definition) is 3. The average Bonchev–Trinajstić information content (AvgIpc) is 2.78. The van der Waals surface area contributed by atoms with Crippen LogP contribution in [0.25, 0.3) is 0 Å². The molecule has 0 saturated carbocycles. The third kappa shape index (κ3) is 5.16. The zero-order valence-corrected chi connectivity index (χ0v) is 13.6. The zero-order chi connectivity index (χ0) is 14.4. The Labute approximate surface area is 133 Å². The molecule has 0 fully saturated rings. The predicted molar refractivity (Wildman–Crippen MR) is 89.8 cm³/mol. The number of hydrogen-bond donors (Lipinski definition) is 2. The van der Waals surface area contributed by atoms with Gasteiger partial charge in [-0.05, 0) is 25.8 Å². The van der Waals surface area contributed by atoms with Crippen molar-refractivity contribution in [3.05, 3.63) is 52.8 Å². The van der Waals surface area contributed by atoms with E-state index in [1.54, 1.807) is 0 Å². The van der Waals surface area contributed by atoms with E-state index in [1.807, 2.05) is 0 Å². The first-order chi connectivity index (χ1) is 9.70. The lowest BCUT2D eigenvalue weighted by atomic mass is 10.1. The van der Waals surface area contributed by atoms with Crippen molar-refractivity contribution in [1.29, 1.82) is 0 Å². The molecule has 0 atom stereocenters. The van der Waals surface area contributed by atoms with Gasteiger partial charge in [0.2, 0.25) is 0 Å². The molecule has 21 heavy (non-hydrogen) atoms. The van der Waals surface area contributed by atoms with Gasteiger partial charge in [0.15, 0.2) is 0 Å². The van der Waals surface area contributed by atoms with Gasteiger partial charge < -0.3 is 5.73 Å². The summed E-state index contributed by atoms with van der Waals surface area (Å²) >= 11 is 0. The maximum atomic E-state index is 5.74. The number of nitrogens with two attached hydrogens (primary N) is 1. The van der Waals surface area contributed by atoms with Crippen molar-refractivity contribution in [1.82, 2.24) is 15.1 Å². The Morgan fingerprint density at radius 3 is 2.43 bits per heavy atom. The molecule has 116 valence electrons. The van der Waals surface area contributed by atoms with E-state index in [4.69, 9.17) is 5.73 Å². The van der Waals surface area contributed by atoms with E-state index >= 15 is 0 Å². The molecule has 1 aromatic heterocycles. The van der Waals surface area contributed by atoms with E-state index in [-0.39, 0.29) is 12.4 Å². The predicted octanol–water partition coefficient (Wildman–Crippen LogP) is 2.45. The number of rotatable bonds is 7. The molecule has 2 aromatic rings. The lowest BCUT2D eigenvalue weighted by Crippen LogP contribution is -2.31. The number of nitrogens with one attached hydrogen (secondary N) is 1. The van der Waals surface area contributed by atoms with Gasteiger partial charge in [-0.1, -0.05) is 30.3 Å². The summed E-state index contributed by atoms with van der Waals surface area (Å²) in [6.45, 7) is 7.66. The summed E-state index contributed by atoms with van der Waals surface area (Å²) < 4.78 is 0. The van der Waals surface area contributed by atoms with E-state index < -0.39 is 0 Å². The first-order valence-corrected chi connectivity index (χ1v) is 7.17. The SMILES string of the molecule is Cc1n[nH]c(C)c1CN(CCN)CCc1ccccc1.Cl. The fraction of sp³-hybridized carbons (Fsp3) is 0.438. The largest absolute Gasteiger partial charge is 0.329 e. The molecule has 1 heterocycles. The number of aromatic amines is 1. The minimum absolute atomic E-state index is 0. The summed E-state index contributed by atoms with van der Waals surface area (Å²) in [5, 5.41) is 7.31. The minimum Gasteiger partial charge on any atom is -0.329 e. The summed E-state index contributed by atoms with van der Waals surface area (Å²) in [7, 11) is 0. The molecule has 3 N–H and O–H groups in total. The lowest BCUT2D eigenvalue weighted by Gasteiger charge is -2.21. The van der Waals surface area contributed by atoms with Crippen LogP contribution in [0.3, 0.4) is 0 Å². The van der Waals surface area contributed by atoms with Crippen molar-refractivity contribution in [2.24, 2.45) is 5.73 Å². The quantitative estimate of drug-likeness (QED) is 0.826. The van der Waals surface area contributed by atoms with Crippen molar-refractivity contribution in [2.45, 2.75) is 26.8 Å². The van der Waals surface area contributed by atoms with Crippen molar-refractivity contribution in [3.63, 3.8) is 0 Å². The van der Waals surface area contributed by atoms with E-state index in [1.165, 1.54) is 11.1 Å². The second-order valence-electron chi connectivity index (χ2n) is 5.21. The molecule has 0 aliphatic rings. The van der Waals surface area contributed by atoms with Crippen molar-refractivity contribution < 1.29 is 0 Å². The van der Waals surface area contributed by atoms with Gasteiger partial charge in [-0.3, -0.25) is 10.00 Å². The van der Waals surface area contributed by atoms with Crippen LogP contribution in [0.2, 0.25) is 0 Å². The molecule has 0 saturated heterocycles. The smallest absolute Gasteiger partial charge is 0.0639 e. The first kappa shape index (κ1) is 17.7. The molecule has 1 aromatic carbocycles. The molecule has 0 aliphatic carbocycles. The number of halogens is 1. The maximum Gasteiger partial charge on any atom is 0.0639 e. The van der Waals surface area contributed by atoms with Gasteiger partial charge >= 0.3 is 0 Å². The van der Waals surface area contributed by atoms with Crippen LogP contribution in [-0.2, 0) is 13.0 Å². The van der Waals surface area contributed by atoms with Gasteiger partial charge in [-0.2, -0.15) is 5.10 Å². The van der Waals surface area contributed by atoms with Crippen molar-refractivity contribution in [2.75, 3.05) is 19.6 Å². The third-order valence-electron chi connectivity index (χ3n) is 3.67. The number of aryl methyl sites for hydroxylation is 2. The Kier molecular flexibility index (Phi) is 7.43. The number of benzene rings is 1.